The van der Waals surface area contributed by atoms with Crippen molar-refractivity contribution in [2.75, 3.05) is 11.5 Å². The monoisotopic (exact) mass is 477 g/mol. The molecule has 3 aromatic rings. The summed E-state index contributed by atoms with van der Waals surface area (Å²) in [6.07, 6.45) is 1.57. The van der Waals surface area contributed by atoms with Crippen molar-refractivity contribution in [3.8, 4) is 5.75 Å². The van der Waals surface area contributed by atoms with Crippen LogP contribution in [0.25, 0.3) is 0 Å². The van der Waals surface area contributed by atoms with E-state index >= 15 is 0 Å². The van der Waals surface area contributed by atoms with E-state index in [2.05, 4.69) is 36.7 Å². The third-order valence-corrected chi connectivity index (χ3v) is 5.76. The van der Waals surface area contributed by atoms with Crippen LogP contribution in [0, 0.1) is 0 Å². The third-order valence-electron chi connectivity index (χ3n) is 3.35. The zero-order valence-electron chi connectivity index (χ0n) is 14.5. The second-order valence-electron chi connectivity index (χ2n) is 5.47. The van der Waals surface area contributed by atoms with E-state index in [1.807, 2.05) is 48.5 Å². The molecule has 0 aliphatic carbocycles. The van der Waals surface area contributed by atoms with Gasteiger partial charge in [-0.2, -0.15) is 5.10 Å². The Morgan fingerprint density at radius 2 is 1.96 bits per heavy atom. The van der Waals surface area contributed by atoms with E-state index in [1.165, 1.54) is 23.1 Å². The second kappa shape index (κ2) is 10.2. The van der Waals surface area contributed by atoms with E-state index in [0.29, 0.717) is 16.1 Å². The normalized spacial score (nSPS) is 10.9. The first kappa shape index (κ1) is 20.3. The smallest absolute Gasteiger partial charge is 0.250 e. The van der Waals surface area contributed by atoms with Crippen LogP contribution in [0.5, 0.6) is 5.75 Å². The number of nitrogens with one attached hydrogen (secondary N) is 1. The molecule has 0 atom stereocenters. The van der Waals surface area contributed by atoms with Crippen molar-refractivity contribution >= 4 is 56.3 Å². The zero-order valence-corrected chi connectivity index (χ0v) is 17.8. The van der Waals surface area contributed by atoms with E-state index in [-0.39, 0.29) is 11.7 Å². The lowest BCUT2D eigenvalue weighted by atomic mass is 10.2. The molecule has 1 heterocycles. The largest absolute Gasteiger partial charge is 0.489 e. The summed E-state index contributed by atoms with van der Waals surface area (Å²) >= 11 is 5.91. The summed E-state index contributed by atoms with van der Waals surface area (Å²) in [4.78, 5) is 11.8. The average molecular weight is 478 g/mol. The number of nitrogen functional groups attached to an aromatic ring is 1. The van der Waals surface area contributed by atoms with Gasteiger partial charge in [0.2, 0.25) is 5.13 Å². The molecule has 144 valence electrons. The van der Waals surface area contributed by atoms with Gasteiger partial charge in [-0.15, -0.1) is 10.2 Å². The molecule has 28 heavy (non-hydrogen) atoms. The van der Waals surface area contributed by atoms with Crippen LogP contribution < -0.4 is 15.9 Å². The van der Waals surface area contributed by atoms with Gasteiger partial charge in [0, 0.05) is 4.47 Å². The van der Waals surface area contributed by atoms with Crippen molar-refractivity contribution in [1.82, 2.24) is 15.6 Å². The lowest BCUT2D eigenvalue weighted by Crippen LogP contribution is -2.19. The summed E-state index contributed by atoms with van der Waals surface area (Å²) in [7, 11) is 0. The fourth-order valence-corrected chi connectivity index (χ4v) is 3.71. The van der Waals surface area contributed by atoms with Gasteiger partial charge in [-0.3, -0.25) is 4.79 Å². The molecule has 0 radical (unpaired) electrons. The number of thioether (sulfide) groups is 1. The molecular weight excluding hydrogens is 462 g/mol. The Morgan fingerprint density at radius 3 is 2.64 bits per heavy atom. The molecule has 0 aliphatic rings. The van der Waals surface area contributed by atoms with Crippen LogP contribution in [0.15, 0.2) is 62.4 Å². The lowest BCUT2D eigenvalue weighted by molar-refractivity contribution is -0.118. The maximum Gasteiger partial charge on any atom is 0.250 e. The number of nitrogens with two attached hydrogens (primary N) is 1. The topological polar surface area (TPSA) is 102 Å². The molecule has 10 heteroatoms. The minimum absolute atomic E-state index is 0.189. The van der Waals surface area contributed by atoms with Crippen LogP contribution in [0.3, 0.4) is 0 Å². The van der Waals surface area contributed by atoms with E-state index in [0.717, 1.165) is 21.3 Å². The summed E-state index contributed by atoms with van der Waals surface area (Å²) in [5.74, 6) is 0.718. The number of carbonyl (C=O) groups is 1. The predicted octanol–water partition coefficient (Wildman–Crippen LogP) is 3.70. The number of amides is 1. The number of hydrazone groups is 1. The van der Waals surface area contributed by atoms with Gasteiger partial charge >= 0.3 is 0 Å². The van der Waals surface area contributed by atoms with Gasteiger partial charge in [-0.1, -0.05) is 51.2 Å². The van der Waals surface area contributed by atoms with Crippen molar-refractivity contribution in [3.63, 3.8) is 0 Å². The first-order valence-electron chi connectivity index (χ1n) is 8.09. The number of hydrogen-bond acceptors (Lipinski definition) is 8. The first-order chi connectivity index (χ1) is 13.6. The number of ether oxygens (including phenoxy) is 1. The van der Waals surface area contributed by atoms with Gasteiger partial charge in [0.05, 0.1) is 12.0 Å². The number of anilines is 1. The fraction of sp³-hybridized carbons (Fsp3) is 0.111. The molecule has 0 saturated carbocycles. The molecule has 1 amide bonds. The summed E-state index contributed by atoms with van der Waals surface area (Å²) in [5.41, 5.74) is 9.90. The van der Waals surface area contributed by atoms with E-state index in [1.54, 1.807) is 6.21 Å². The molecule has 3 rings (SSSR count). The number of carbonyl (C=O) groups excluding carboxylic acids is 1. The minimum atomic E-state index is -0.232. The molecule has 7 nitrogen and oxygen atoms in total. The van der Waals surface area contributed by atoms with E-state index in [4.69, 9.17) is 10.5 Å². The van der Waals surface area contributed by atoms with E-state index in [9.17, 15) is 4.79 Å². The van der Waals surface area contributed by atoms with Gasteiger partial charge in [-0.25, -0.2) is 5.43 Å². The molecular formula is C18H16BrN5O2S2. The Labute approximate surface area is 178 Å². The number of halogens is 1. The molecule has 3 N–H and O–H groups in total. The maximum absolute atomic E-state index is 11.8. The lowest BCUT2D eigenvalue weighted by Gasteiger charge is -2.06. The number of hydrogen-bond donors (Lipinski definition) is 2. The van der Waals surface area contributed by atoms with Gasteiger partial charge in [0.25, 0.3) is 5.91 Å². The molecule has 0 aliphatic heterocycles. The van der Waals surface area contributed by atoms with Crippen LogP contribution in [0.1, 0.15) is 11.1 Å². The second-order valence-corrected chi connectivity index (χ2v) is 8.62. The molecule has 0 bridgehead atoms. The highest BCUT2D eigenvalue weighted by Gasteiger charge is 2.05. The molecule has 2 aromatic carbocycles. The molecule has 0 fully saturated rings. The van der Waals surface area contributed by atoms with Crippen molar-refractivity contribution in [3.05, 3.63) is 64.1 Å². The molecule has 0 saturated heterocycles. The first-order valence-corrected chi connectivity index (χ1v) is 10.7. The molecule has 0 spiro atoms. The Hall–Kier alpha value is -2.43. The van der Waals surface area contributed by atoms with E-state index < -0.39 is 0 Å². The summed E-state index contributed by atoms with van der Waals surface area (Å²) in [6.45, 7) is 0.495. The Morgan fingerprint density at radius 1 is 1.21 bits per heavy atom. The fourth-order valence-electron chi connectivity index (χ4n) is 2.01. The van der Waals surface area contributed by atoms with Crippen molar-refractivity contribution in [1.29, 1.82) is 0 Å². The Bertz CT molecular complexity index is 945. The average Bonchev–Trinajstić information content (AvgIpc) is 3.12. The zero-order chi connectivity index (χ0) is 19.8. The van der Waals surface area contributed by atoms with Crippen LogP contribution in [0.4, 0.5) is 5.13 Å². The maximum atomic E-state index is 11.8. The number of aromatic nitrogens is 2. The van der Waals surface area contributed by atoms with Gasteiger partial charge in [-0.05, 0) is 47.5 Å². The quantitative estimate of drug-likeness (QED) is 0.291. The standard InChI is InChI=1S/C18H16BrN5O2S2/c19-14-5-1-13(2-6-14)10-26-15-7-3-12(4-8-15)9-21-22-16(25)11-27-18-24-23-17(20)28-18/h1-9H,10-11H2,(H2,20,23)(H,22,25). The highest BCUT2D eigenvalue weighted by Crippen LogP contribution is 2.23. The molecule has 0 unspecified atom stereocenters. The Balaban J connectivity index is 1.41. The Kier molecular flexibility index (Phi) is 7.40. The van der Waals surface area contributed by atoms with Gasteiger partial charge < -0.3 is 10.5 Å². The van der Waals surface area contributed by atoms with Gasteiger partial charge in [0.1, 0.15) is 12.4 Å². The number of nitrogens with zero attached hydrogens (tertiary/aromatic N) is 3. The van der Waals surface area contributed by atoms with Crippen LogP contribution in [0.2, 0.25) is 0 Å². The third kappa shape index (κ3) is 6.63. The number of rotatable bonds is 8. The molecule has 1 aromatic heterocycles. The van der Waals surface area contributed by atoms with Crippen LogP contribution >= 0.6 is 39.0 Å². The van der Waals surface area contributed by atoms with Gasteiger partial charge in [0.15, 0.2) is 4.34 Å². The predicted molar refractivity (Wildman–Crippen MR) is 116 cm³/mol. The summed E-state index contributed by atoms with van der Waals surface area (Å²) in [6, 6.07) is 15.4. The van der Waals surface area contributed by atoms with Crippen molar-refractivity contribution in [2.24, 2.45) is 5.10 Å². The summed E-state index contributed by atoms with van der Waals surface area (Å²) < 4.78 is 7.44. The highest BCUT2D eigenvalue weighted by molar-refractivity contribution is 9.10. The highest BCUT2D eigenvalue weighted by atomic mass is 79.9. The van der Waals surface area contributed by atoms with Crippen LogP contribution in [-0.4, -0.2) is 28.1 Å². The SMILES string of the molecule is Nc1nnc(SCC(=O)NN=Cc2ccc(OCc3ccc(Br)cc3)cc2)s1. The number of benzene rings is 2. The minimum Gasteiger partial charge on any atom is -0.489 e. The summed E-state index contributed by atoms with van der Waals surface area (Å²) in [5, 5.41) is 11.9. The van der Waals surface area contributed by atoms with Crippen LogP contribution in [-0.2, 0) is 11.4 Å². The van der Waals surface area contributed by atoms with Crippen molar-refractivity contribution in [2.45, 2.75) is 10.9 Å². The van der Waals surface area contributed by atoms with Crippen molar-refractivity contribution < 1.29 is 9.53 Å².